The molecule has 3 atom stereocenters. The molecule has 2 heterocycles. The second kappa shape index (κ2) is 11.3. The van der Waals surface area contributed by atoms with Gasteiger partial charge in [0.25, 0.3) is 0 Å². The number of aliphatic carboxylic acids is 1. The standard InChI is InChI=1S/C24H22F5N7O5/c25-12-7-32-23(33-8-12)35-16-3-11(21(30)39)4-17-14(16)9-34-36(17)20(22(31)40)13(6-19(37)38)10-1-2-15(26)18(5-10)41-24(27,28)29/h1-5,9,12-13,20H,6-8H2,(H2,30,39)(H2,31,40)(H,37,38)(H2,32,33,35)/t13-,20?/m0/s1. The smallest absolute Gasteiger partial charge is 0.481 e. The number of nitrogens with two attached hydrogens (primary N) is 2. The molecule has 1 aliphatic heterocycles. The zero-order chi connectivity index (χ0) is 30.1. The van der Waals surface area contributed by atoms with Gasteiger partial charge in [-0.15, -0.1) is 13.2 Å². The molecule has 1 aromatic heterocycles. The predicted molar refractivity (Wildman–Crippen MR) is 133 cm³/mol. The number of carbonyl (C=O) groups is 3. The van der Waals surface area contributed by atoms with Crippen LogP contribution in [0.15, 0.2) is 41.5 Å². The lowest BCUT2D eigenvalue weighted by atomic mass is 9.87. The number of hydrogen-bond acceptors (Lipinski definition) is 8. The molecule has 2 unspecified atom stereocenters. The van der Waals surface area contributed by atoms with Crippen molar-refractivity contribution in [3.63, 3.8) is 0 Å². The van der Waals surface area contributed by atoms with E-state index in [4.69, 9.17) is 11.5 Å². The molecule has 4 rings (SSSR count). The van der Waals surface area contributed by atoms with Crippen molar-refractivity contribution in [1.29, 1.82) is 0 Å². The van der Waals surface area contributed by atoms with Crippen molar-refractivity contribution in [1.82, 2.24) is 15.1 Å². The maximum atomic E-state index is 14.1. The third-order valence-electron chi connectivity index (χ3n) is 6.13. The molecule has 0 saturated carbocycles. The van der Waals surface area contributed by atoms with Crippen LogP contribution in [0, 0.1) is 5.82 Å². The van der Waals surface area contributed by atoms with Crippen LogP contribution in [0.3, 0.4) is 0 Å². The highest BCUT2D eigenvalue weighted by Gasteiger charge is 2.36. The lowest BCUT2D eigenvalue weighted by Crippen LogP contribution is -2.41. The van der Waals surface area contributed by atoms with Crippen molar-refractivity contribution in [2.24, 2.45) is 16.5 Å². The van der Waals surface area contributed by atoms with Crippen LogP contribution in [0.25, 0.3) is 10.9 Å². The van der Waals surface area contributed by atoms with Gasteiger partial charge in [-0.1, -0.05) is 6.07 Å². The van der Waals surface area contributed by atoms with Gasteiger partial charge in [-0.05, 0) is 29.8 Å². The summed E-state index contributed by atoms with van der Waals surface area (Å²) in [5, 5.41) is 19.6. The van der Waals surface area contributed by atoms with Gasteiger partial charge in [0.05, 0.1) is 36.9 Å². The monoisotopic (exact) mass is 583 g/mol. The van der Waals surface area contributed by atoms with E-state index in [0.29, 0.717) is 12.1 Å². The Bertz CT molecular complexity index is 1540. The molecule has 218 valence electrons. The Balaban J connectivity index is 1.86. The molecule has 0 radical (unpaired) electrons. The van der Waals surface area contributed by atoms with Gasteiger partial charge in [0.15, 0.2) is 17.5 Å². The van der Waals surface area contributed by atoms with E-state index in [-0.39, 0.29) is 46.8 Å². The number of aromatic nitrogens is 2. The minimum absolute atomic E-state index is 0.0396. The summed E-state index contributed by atoms with van der Waals surface area (Å²) in [7, 11) is 0. The maximum absolute atomic E-state index is 14.1. The number of nitrogens with zero attached hydrogens (tertiary/aromatic N) is 3. The normalized spacial score (nSPS) is 16.8. The Kier molecular flexibility index (Phi) is 7.98. The fraction of sp³-hybridized carbons (Fsp3) is 0.292. The topological polar surface area (TPSA) is 187 Å². The van der Waals surface area contributed by atoms with Crippen LogP contribution >= 0.6 is 0 Å². The van der Waals surface area contributed by atoms with E-state index in [1.165, 1.54) is 18.3 Å². The Morgan fingerprint density at radius 2 is 1.95 bits per heavy atom. The molecule has 0 fully saturated rings. The summed E-state index contributed by atoms with van der Waals surface area (Å²) in [5.74, 6) is -7.46. The fourth-order valence-corrected chi connectivity index (χ4v) is 4.38. The largest absolute Gasteiger partial charge is 0.573 e. The number of carboxylic acid groups (broad SMARTS) is 1. The van der Waals surface area contributed by atoms with E-state index in [9.17, 15) is 41.4 Å². The van der Waals surface area contributed by atoms with E-state index in [1.54, 1.807) is 0 Å². The van der Waals surface area contributed by atoms with Crippen LogP contribution < -0.4 is 26.8 Å². The molecule has 12 nitrogen and oxygen atoms in total. The van der Waals surface area contributed by atoms with Gasteiger partial charge in [0.2, 0.25) is 11.8 Å². The second-order valence-corrected chi connectivity index (χ2v) is 8.99. The van der Waals surface area contributed by atoms with Crippen molar-refractivity contribution in [3.8, 4) is 5.75 Å². The summed E-state index contributed by atoms with van der Waals surface area (Å²) in [6, 6.07) is 3.15. The Hall–Kier alpha value is -4.96. The first-order valence-electron chi connectivity index (χ1n) is 11.8. The van der Waals surface area contributed by atoms with Crippen LogP contribution in [0.2, 0.25) is 0 Å². The quantitative estimate of drug-likeness (QED) is 0.237. The average Bonchev–Trinajstić information content (AvgIpc) is 3.29. The van der Waals surface area contributed by atoms with Gasteiger partial charge in [-0.3, -0.25) is 19.1 Å². The van der Waals surface area contributed by atoms with Crippen molar-refractivity contribution in [2.75, 3.05) is 18.4 Å². The van der Waals surface area contributed by atoms with Crippen molar-refractivity contribution in [2.45, 2.75) is 30.9 Å². The molecule has 0 saturated heterocycles. The van der Waals surface area contributed by atoms with E-state index >= 15 is 0 Å². The lowest BCUT2D eigenvalue weighted by molar-refractivity contribution is -0.275. The third-order valence-corrected chi connectivity index (χ3v) is 6.13. The van der Waals surface area contributed by atoms with Crippen LogP contribution in [-0.4, -0.2) is 64.3 Å². The molecular formula is C24H22F5N7O5. The molecular weight excluding hydrogens is 561 g/mol. The molecule has 0 aliphatic carbocycles. The van der Waals surface area contributed by atoms with Crippen LogP contribution in [0.4, 0.5) is 27.6 Å². The molecule has 2 aromatic carbocycles. The number of primary amides is 2. The summed E-state index contributed by atoms with van der Waals surface area (Å²) in [6.07, 6.45) is -6.07. The molecule has 41 heavy (non-hydrogen) atoms. The molecule has 0 bridgehead atoms. The van der Waals surface area contributed by atoms with E-state index in [1.807, 2.05) is 0 Å². The van der Waals surface area contributed by atoms with Crippen LogP contribution in [-0.2, 0) is 9.59 Å². The highest BCUT2D eigenvalue weighted by molar-refractivity contribution is 6.07. The summed E-state index contributed by atoms with van der Waals surface area (Å²) in [5.41, 5.74) is 11.1. The lowest BCUT2D eigenvalue weighted by Gasteiger charge is -2.26. The van der Waals surface area contributed by atoms with Gasteiger partial charge < -0.3 is 31.9 Å². The summed E-state index contributed by atoms with van der Waals surface area (Å²) in [4.78, 5) is 40.7. The maximum Gasteiger partial charge on any atom is 0.573 e. The number of alkyl halides is 4. The summed E-state index contributed by atoms with van der Waals surface area (Å²) < 4.78 is 70.8. The van der Waals surface area contributed by atoms with E-state index in [0.717, 1.165) is 10.7 Å². The summed E-state index contributed by atoms with van der Waals surface area (Å²) in [6.45, 7) is -0.173. The van der Waals surface area contributed by atoms with Gasteiger partial charge in [0, 0.05) is 16.9 Å². The number of carbonyl (C=O) groups excluding carboxylic acids is 2. The first kappa shape index (κ1) is 29.0. The second-order valence-electron chi connectivity index (χ2n) is 8.99. The van der Waals surface area contributed by atoms with Gasteiger partial charge in [-0.2, -0.15) is 5.10 Å². The number of amides is 2. The number of anilines is 1. The van der Waals surface area contributed by atoms with Gasteiger partial charge in [0.1, 0.15) is 12.2 Å². The molecule has 0 spiro atoms. The highest BCUT2D eigenvalue weighted by Crippen LogP contribution is 2.38. The first-order valence-corrected chi connectivity index (χ1v) is 11.8. The Morgan fingerprint density at radius 3 is 2.54 bits per heavy atom. The van der Waals surface area contributed by atoms with E-state index < -0.39 is 60.3 Å². The first-order chi connectivity index (χ1) is 19.2. The van der Waals surface area contributed by atoms with Crippen molar-refractivity contribution < 1.29 is 46.2 Å². The number of benzene rings is 2. The molecule has 7 N–H and O–H groups in total. The summed E-state index contributed by atoms with van der Waals surface area (Å²) >= 11 is 0. The Morgan fingerprint density at radius 1 is 1.22 bits per heavy atom. The highest BCUT2D eigenvalue weighted by atomic mass is 19.4. The van der Waals surface area contributed by atoms with Crippen molar-refractivity contribution >= 4 is 40.3 Å². The van der Waals surface area contributed by atoms with E-state index in [2.05, 4.69) is 25.5 Å². The minimum atomic E-state index is -5.26. The van der Waals surface area contributed by atoms with Gasteiger partial charge >= 0.3 is 12.3 Å². The number of halogens is 5. The predicted octanol–water partition coefficient (Wildman–Crippen LogP) is 2.17. The SMILES string of the molecule is NC(=O)c1cc(NC2=NCC(F)CN2)c2cnn(C(C(N)=O)[C@@H](CC(=O)O)c3ccc(F)c(OC(F)(F)F)c3)c2c1. The molecule has 3 aromatic rings. The van der Waals surface area contributed by atoms with Crippen LogP contribution in [0.5, 0.6) is 5.75 Å². The Labute approximate surface area is 227 Å². The number of carboxylic acids is 1. The van der Waals surface area contributed by atoms with Crippen LogP contribution in [0.1, 0.15) is 34.3 Å². The average molecular weight is 583 g/mol. The number of hydrogen-bond donors (Lipinski definition) is 5. The minimum Gasteiger partial charge on any atom is -0.481 e. The number of fused-ring (bicyclic) bond motifs is 1. The zero-order valence-corrected chi connectivity index (χ0v) is 20.8. The fourth-order valence-electron chi connectivity index (χ4n) is 4.38. The molecule has 17 heteroatoms. The number of nitrogens with one attached hydrogen (secondary N) is 2. The number of aliphatic imine (C=N–C) groups is 1. The van der Waals surface area contributed by atoms with Gasteiger partial charge in [-0.25, -0.2) is 13.8 Å². The molecule has 2 amide bonds. The number of rotatable bonds is 9. The number of guanidine groups is 1. The number of ether oxygens (including phenoxy) is 1. The van der Waals surface area contributed by atoms with Crippen molar-refractivity contribution in [3.05, 3.63) is 53.5 Å². The third kappa shape index (κ3) is 6.62. The zero-order valence-electron chi connectivity index (χ0n) is 20.8. The molecule has 1 aliphatic rings.